The summed E-state index contributed by atoms with van der Waals surface area (Å²) in [6, 6.07) is 7.85. The Morgan fingerprint density at radius 2 is 2.10 bits per heavy atom. The van der Waals surface area contributed by atoms with Crippen LogP contribution >= 0.6 is 22.9 Å². The number of hydrogen-bond acceptors (Lipinski definition) is 5. The molecule has 0 aliphatic rings. The lowest BCUT2D eigenvalue weighted by molar-refractivity contribution is 0.0606. The second-order valence-corrected chi connectivity index (χ2v) is 5.40. The maximum absolute atomic E-state index is 11.6. The third kappa shape index (κ3) is 2.15. The fourth-order valence-corrected chi connectivity index (χ4v) is 3.15. The molecule has 1 aromatic carbocycles. The van der Waals surface area contributed by atoms with Crippen molar-refractivity contribution in [3.63, 3.8) is 0 Å². The van der Waals surface area contributed by atoms with Crippen LogP contribution in [0.5, 0.6) is 0 Å². The molecule has 3 aromatic rings. The molecule has 6 heteroatoms. The first kappa shape index (κ1) is 13.0. The van der Waals surface area contributed by atoms with E-state index in [0.29, 0.717) is 9.88 Å². The minimum absolute atomic E-state index is 0.157. The number of methoxy groups -OCH3 is 1. The highest BCUT2D eigenvalue weighted by atomic mass is 35.5. The first-order chi connectivity index (χ1) is 9.70. The highest BCUT2D eigenvalue weighted by Crippen LogP contribution is 2.34. The van der Waals surface area contributed by atoms with E-state index in [1.54, 1.807) is 12.4 Å². The third-order valence-corrected chi connectivity index (χ3v) is 4.31. The highest BCUT2D eigenvalue weighted by Gasteiger charge is 2.19. The number of halogens is 1. The topological polar surface area (TPSA) is 52.1 Å². The number of esters is 1. The van der Waals surface area contributed by atoms with Crippen molar-refractivity contribution in [1.82, 2.24) is 9.97 Å². The summed E-state index contributed by atoms with van der Waals surface area (Å²) in [5.74, 6) is -0.480. The molecule has 0 bridgehead atoms. The van der Waals surface area contributed by atoms with Crippen LogP contribution in [0.3, 0.4) is 0 Å². The van der Waals surface area contributed by atoms with Gasteiger partial charge in [0.1, 0.15) is 5.01 Å². The number of hydrogen-bond donors (Lipinski definition) is 0. The minimum atomic E-state index is -0.480. The molecule has 100 valence electrons. The standard InChI is InChI=1S/C14H9ClN2O2S/c1-19-14(18)11-12(15)17-13(20-11)10-7-16-6-8-4-2-3-5-9(8)10/h2-7H,1H3. The molecule has 0 N–H and O–H groups in total. The van der Waals surface area contributed by atoms with Crippen molar-refractivity contribution in [3.8, 4) is 10.6 Å². The number of pyridine rings is 1. The monoisotopic (exact) mass is 304 g/mol. The molecular formula is C14H9ClN2O2S. The van der Waals surface area contributed by atoms with Crippen molar-refractivity contribution >= 4 is 39.7 Å². The lowest BCUT2D eigenvalue weighted by atomic mass is 10.1. The normalized spacial score (nSPS) is 10.7. The van der Waals surface area contributed by atoms with Crippen LogP contribution in [0.25, 0.3) is 21.3 Å². The molecule has 2 aromatic heterocycles. The predicted molar refractivity (Wildman–Crippen MR) is 79.2 cm³/mol. The van der Waals surface area contributed by atoms with E-state index in [4.69, 9.17) is 11.6 Å². The molecule has 20 heavy (non-hydrogen) atoms. The van der Waals surface area contributed by atoms with E-state index < -0.39 is 5.97 Å². The average molecular weight is 305 g/mol. The van der Waals surface area contributed by atoms with Crippen LogP contribution in [0.4, 0.5) is 0 Å². The van der Waals surface area contributed by atoms with Crippen molar-refractivity contribution in [2.45, 2.75) is 0 Å². The van der Waals surface area contributed by atoms with E-state index in [1.165, 1.54) is 18.4 Å². The number of carbonyl (C=O) groups excluding carboxylic acids is 1. The Kier molecular flexibility index (Phi) is 3.38. The van der Waals surface area contributed by atoms with Gasteiger partial charge in [0.25, 0.3) is 0 Å². The van der Waals surface area contributed by atoms with Gasteiger partial charge >= 0.3 is 5.97 Å². The van der Waals surface area contributed by atoms with Gasteiger partial charge in [-0.1, -0.05) is 35.9 Å². The lowest BCUT2D eigenvalue weighted by Crippen LogP contribution is -1.98. The maximum atomic E-state index is 11.6. The maximum Gasteiger partial charge on any atom is 0.351 e. The summed E-state index contributed by atoms with van der Waals surface area (Å²) in [5.41, 5.74) is 0.852. The van der Waals surface area contributed by atoms with Gasteiger partial charge < -0.3 is 4.74 Å². The number of fused-ring (bicyclic) bond motifs is 1. The molecule has 0 saturated carbocycles. The molecule has 4 nitrogen and oxygen atoms in total. The van der Waals surface area contributed by atoms with Gasteiger partial charge in [-0.2, -0.15) is 0 Å². The van der Waals surface area contributed by atoms with Gasteiger partial charge in [-0.05, 0) is 5.39 Å². The molecule has 0 spiro atoms. The Labute approximate surface area is 124 Å². The Morgan fingerprint density at radius 3 is 2.90 bits per heavy atom. The quantitative estimate of drug-likeness (QED) is 0.676. The molecule has 0 radical (unpaired) electrons. The van der Waals surface area contributed by atoms with Gasteiger partial charge in [0.15, 0.2) is 10.0 Å². The second kappa shape index (κ2) is 5.19. The van der Waals surface area contributed by atoms with E-state index in [1.807, 2.05) is 24.3 Å². The SMILES string of the molecule is COC(=O)c1sc(-c2cncc3ccccc23)nc1Cl. The van der Waals surface area contributed by atoms with E-state index in [-0.39, 0.29) is 5.15 Å². The van der Waals surface area contributed by atoms with Gasteiger partial charge in [-0.15, -0.1) is 11.3 Å². The summed E-state index contributed by atoms with van der Waals surface area (Å²) in [5, 5.41) is 2.84. The molecule has 0 unspecified atom stereocenters. The Balaban J connectivity index is 2.19. The van der Waals surface area contributed by atoms with Crippen LogP contribution in [-0.2, 0) is 4.74 Å². The second-order valence-electron chi connectivity index (χ2n) is 4.04. The summed E-state index contributed by atoms with van der Waals surface area (Å²) in [4.78, 5) is 20.3. The molecule has 2 heterocycles. The van der Waals surface area contributed by atoms with Crippen LogP contribution in [0.15, 0.2) is 36.7 Å². The Morgan fingerprint density at radius 1 is 1.30 bits per heavy atom. The molecule has 0 atom stereocenters. The molecule has 0 fully saturated rings. The van der Waals surface area contributed by atoms with Crippen molar-refractivity contribution in [1.29, 1.82) is 0 Å². The van der Waals surface area contributed by atoms with E-state index in [2.05, 4.69) is 14.7 Å². The number of rotatable bonds is 2. The molecule has 0 saturated heterocycles. The fourth-order valence-electron chi connectivity index (χ4n) is 1.92. The molecule has 0 aliphatic carbocycles. The zero-order valence-corrected chi connectivity index (χ0v) is 12.0. The van der Waals surface area contributed by atoms with E-state index in [0.717, 1.165) is 16.3 Å². The number of nitrogens with zero attached hydrogens (tertiary/aromatic N) is 2. The zero-order chi connectivity index (χ0) is 14.1. The van der Waals surface area contributed by atoms with Crippen LogP contribution in [0, 0.1) is 0 Å². The van der Waals surface area contributed by atoms with Crippen molar-refractivity contribution in [2.75, 3.05) is 7.11 Å². The van der Waals surface area contributed by atoms with Crippen LogP contribution in [-0.4, -0.2) is 23.0 Å². The van der Waals surface area contributed by atoms with Gasteiger partial charge in [0, 0.05) is 23.3 Å². The van der Waals surface area contributed by atoms with E-state index >= 15 is 0 Å². The number of ether oxygens (including phenoxy) is 1. The largest absolute Gasteiger partial charge is 0.465 e. The van der Waals surface area contributed by atoms with Crippen molar-refractivity contribution in [3.05, 3.63) is 46.7 Å². The number of benzene rings is 1. The Hall–Kier alpha value is -1.98. The van der Waals surface area contributed by atoms with Gasteiger partial charge in [0.05, 0.1) is 7.11 Å². The Bertz CT molecular complexity index is 795. The van der Waals surface area contributed by atoms with Gasteiger partial charge in [0.2, 0.25) is 0 Å². The number of aromatic nitrogens is 2. The summed E-state index contributed by atoms with van der Waals surface area (Å²) in [6.45, 7) is 0. The molecule has 0 amide bonds. The lowest BCUT2D eigenvalue weighted by Gasteiger charge is -2.01. The summed E-state index contributed by atoms with van der Waals surface area (Å²) in [6.07, 6.45) is 3.51. The summed E-state index contributed by atoms with van der Waals surface area (Å²) >= 11 is 7.20. The fraction of sp³-hybridized carbons (Fsp3) is 0.0714. The molecular weight excluding hydrogens is 296 g/mol. The first-order valence-electron chi connectivity index (χ1n) is 5.78. The molecule has 0 aliphatic heterocycles. The zero-order valence-electron chi connectivity index (χ0n) is 10.5. The third-order valence-electron chi connectivity index (χ3n) is 2.86. The van der Waals surface area contributed by atoms with Crippen LogP contribution in [0.2, 0.25) is 5.15 Å². The van der Waals surface area contributed by atoms with Gasteiger partial charge in [-0.25, -0.2) is 9.78 Å². The number of thiazole rings is 1. The average Bonchev–Trinajstić information content (AvgIpc) is 2.87. The van der Waals surface area contributed by atoms with E-state index in [9.17, 15) is 4.79 Å². The number of carbonyl (C=O) groups is 1. The molecule has 3 rings (SSSR count). The van der Waals surface area contributed by atoms with Gasteiger partial charge in [-0.3, -0.25) is 4.98 Å². The first-order valence-corrected chi connectivity index (χ1v) is 6.98. The smallest absolute Gasteiger partial charge is 0.351 e. The highest BCUT2D eigenvalue weighted by molar-refractivity contribution is 7.17. The van der Waals surface area contributed by atoms with Crippen LogP contribution in [0.1, 0.15) is 9.67 Å². The summed E-state index contributed by atoms with van der Waals surface area (Å²) < 4.78 is 4.69. The van der Waals surface area contributed by atoms with Crippen molar-refractivity contribution in [2.24, 2.45) is 0 Å². The van der Waals surface area contributed by atoms with Crippen molar-refractivity contribution < 1.29 is 9.53 Å². The van der Waals surface area contributed by atoms with Crippen LogP contribution < -0.4 is 0 Å². The summed E-state index contributed by atoms with van der Waals surface area (Å²) in [7, 11) is 1.32. The predicted octanol–water partition coefficient (Wildman–Crippen LogP) is 3.80. The minimum Gasteiger partial charge on any atom is -0.465 e.